The Labute approximate surface area is 88.1 Å². The first kappa shape index (κ1) is 10.8. The normalized spacial score (nSPS) is 16.2. The number of benzene rings is 1. The summed E-state index contributed by atoms with van der Waals surface area (Å²) in [7, 11) is -0.280. The summed E-state index contributed by atoms with van der Waals surface area (Å²) in [6.45, 7) is 4.45. The number of rotatable bonds is 4. The van der Waals surface area contributed by atoms with Crippen LogP contribution in [0.4, 0.5) is 0 Å². The van der Waals surface area contributed by atoms with Gasteiger partial charge in [-0.2, -0.15) is 0 Å². The molecule has 0 saturated carbocycles. The van der Waals surface area contributed by atoms with Crippen molar-refractivity contribution in [2.75, 3.05) is 0 Å². The fourth-order valence-corrected chi connectivity index (χ4v) is 3.74. The highest BCUT2D eigenvalue weighted by Gasteiger charge is 2.13. The van der Waals surface area contributed by atoms with Crippen LogP contribution in [0.15, 0.2) is 30.3 Å². The van der Waals surface area contributed by atoms with Gasteiger partial charge in [0.2, 0.25) is 0 Å². The average Bonchev–Trinajstić information content (AvgIpc) is 2.18. The fourth-order valence-electron chi connectivity index (χ4n) is 1.30. The Morgan fingerprint density at radius 1 is 1.31 bits per heavy atom. The second kappa shape index (κ2) is 5.46. The van der Waals surface area contributed by atoms with Crippen molar-refractivity contribution in [2.45, 2.75) is 25.3 Å². The van der Waals surface area contributed by atoms with Crippen LogP contribution in [-0.4, -0.2) is 14.5 Å². The Balaban J connectivity index is 2.50. The molecule has 0 saturated heterocycles. The third kappa shape index (κ3) is 3.53. The number of hydrogen-bond acceptors (Lipinski definition) is 0. The van der Waals surface area contributed by atoms with Crippen molar-refractivity contribution in [2.24, 2.45) is 5.92 Å². The van der Waals surface area contributed by atoms with Gasteiger partial charge in [0.1, 0.15) is 0 Å². The highest BCUT2D eigenvalue weighted by Crippen LogP contribution is 2.12. The Bertz CT molecular complexity index is 235. The molecule has 0 aliphatic heterocycles. The molecule has 1 aromatic rings. The number of hydrogen-bond donors (Lipinski definition) is 0. The predicted octanol–water partition coefficient (Wildman–Crippen LogP) is 2.09. The van der Waals surface area contributed by atoms with E-state index in [0.717, 1.165) is 0 Å². The molecule has 0 aromatic heterocycles. The first-order valence-electron chi connectivity index (χ1n) is 4.92. The van der Waals surface area contributed by atoms with Gasteiger partial charge in [0, 0.05) is 5.00 Å². The summed E-state index contributed by atoms with van der Waals surface area (Å²) in [4.78, 5) is 0. The molecule has 0 amide bonds. The minimum atomic E-state index is -0.280. The fraction of sp³-hybridized carbons (Fsp3) is 0.455. The maximum Gasteiger partial charge on any atom is 0.0756 e. The van der Waals surface area contributed by atoms with Crippen molar-refractivity contribution < 1.29 is 0 Å². The third-order valence-corrected chi connectivity index (χ3v) is 5.57. The van der Waals surface area contributed by atoms with Crippen molar-refractivity contribution in [1.29, 1.82) is 0 Å². The molecule has 0 spiro atoms. The van der Waals surface area contributed by atoms with Gasteiger partial charge in [0.15, 0.2) is 0 Å². The molecule has 0 radical (unpaired) electrons. The molecule has 1 aromatic carbocycles. The predicted molar refractivity (Wildman–Crippen MR) is 63.7 cm³/mol. The van der Waals surface area contributed by atoms with E-state index in [1.54, 1.807) is 0 Å². The van der Waals surface area contributed by atoms with Gasteiger partial charge >= 0.3 is 0 Å². The standard InChI is InChI=1S/C11H17ClSi/c1-3-9(2)11(12)13-10-7-5-4-6-8-10/h4-9,11H,3,13H2,1-2H3. The van der Waals surface area contributed by atoms with Crippen LogP contribution < -0.4 is 5.19 Å². The van der Waals surface area contributed by atoms with Gasteiger partial charge in [0.05, 0.1) is 9.52 Å². The molecule has 13 heavy (non-hydrogen) atoms. The summed E-state index contributed by atoms with van der Waals surface area (Å²) in [5, 5.41) is 1.88. The quantitative estimate of drug-likeness (QED) is 0.530. The van der Waals surface area contributed by atoms with Crippen LogP contribution in [-0.2, 0) is 0 Å². The third-order valence-electron chi connectivity index (χ3n) is 2.53. The van der Waals surface area contributed by atoms with Crippen LogP contribution in [0.2, 0.25) is 0 Å². The van der Waals surface area contributed by atoms with E-state index in [-0.39, 0.29) is 9.52 Å². The van der Waals surface area contributed by atoms with E-state index in [0.29, 0.717) is 10.9 Å². The lowest BCUT2D eigenvalue weighted by atomic mass is 10.2. The largest absolute Gasteiger partial charge is 0.127 e. The van der Waals surface area contributed by atoms with Gasteiger partial charge in [-0.05, 0) is 5.92 Å². The molecule has 0 fully saturated rings. The summed E-state index contributed by atoms with van der Waals surface area (Å²) >= 11 is 6.33. The van der Waals surface area contributed by atoms with Gasteiger partial charge < -0.3 is 0 Å². The second-order valence-corrected chi connectivity index (χ2v) is 6.77. The van der Waals surface area contributed by atoms with Crippen LogP contribution in [0.1, 0.15) is 20.3 Å². The minimum Gasteiger partial charge on any atom is -0.127 e. The zero-order valence-electron chi connectivity index (χ0n) is 8.33. The van der Waals surface area contributed by atoms with E-state index in [4.69, 9.17) is 11.6 Å². The molecule has 1 rings (SSSR count). The Morgan fingerprint density at radius 3 is 2.46 bits per heavy atom. The van der Waals surface area contributed by atoms with E-state index in [2.05, 4.69) is 44.2 Å². The molecule has 2 unspecified atom stereocenters. The zero-order valence-corrected chi connectivity index (χ0v) is 10.5. The van der Waals surface area contributed by atoms with Crippen LogP contribution in [0.25, 0.3) is 0 Å². The first-order valence-corrected chi connectivity index (χ1v) is 6.88. The monoisotopic (exact) mass is 212 g/mol. The SMILES string of the molecule is CCC(C)C(Cl)[SiH2]c1ccccc1. The Hall–Kier alpha value is -0.273. The average molecular weight is 213 g/mol. The summed E-state index contributed by atoms with van der Waals surface area (Å²) in [6, 6.07) is 10.7. The summed E-state index contributed by atoms with van der Waals surface area (Å²) in [5.74, 6) is 0.661. The zero-order chi connectivity index (χ0) is 9.68. The van der Waals surface area contributed by atoms with Crippen molar-refractivity contribution in [3.8, 4) is 0 Å². The van der Waals surface area contributed by atoms with Crippen LogP contribution in [0, 0.1) is 5.92 Å². The van der Waals surface area contributed by atoms with E-state index in [9.17, 15) is 0 Å². The van der Waals surface area contributed by atoms with Crippen LogP contribution in [0.5, 0.6) is 0 Å². The van der Waals surface area contributed by atoms with Crippen molar-refractivity contribution >= 4 is 26.3 Å². The highest BCUT2D eigenvalue weighted by atomic mass is 35.5. The number of alkyl halides is 1. The second-order valence-electron chi connectivity index (χ2n) is 3.59. The molecule has 2 atom stereocenters. The van der Waals surface area contributed by atoms with Crippen molar-refractivity contribution in [1.82, 2.24) is 0 Å². The van der Waals surface area contributed by atoms with Gasteiger partial charge in [-0.15, -0.1) is 11.6 Å². The maximum atomic E-state index is 6.33. The molecule has 0 bridgehead atoms. The Kier molecular flexibility index (Phi) is 4.53. The molecular formula is C11H17ClSi. The smallest absolute Gasteiger partial charge is 0.0756 e. The van der Waals surface area contributed by atoms with Gasteiger partial charge in [0.25, 0.3) is 0 Å². The van der Waals surface area contributed by atoms with Gasteiger partial charge in [-0.3, -0.25) is 0 Å². The van der Waals surface area contributed by atoms with Gasteiger partial charge in [-0.25, -0.2) is 0 Å². The van der Waals surface area contributed by atoms with Crippen LogP contribution >= 0.6 is 11.6 Å². The molecule has 72 valence electrons. The summed E-state index contributed by atoms with van der Waals surface area (Å²) in [6.07, 6.45) is 1.19. The highest BCUT2D eigenvalue weighted by molar-refractivity contribution is 6.64. The minimum absolute atomic E-state index is 0.280. The topological polar surface area (TPSA) is 0 Å². The molecule has 0 nitrogen and oxygen atoms in total. The lowest BCUT2D eigenvalue weighted by Crippen LogP contribution is -2.28. The van der Waals surface area contributed by atoms with E-state index < -0.39 is 0 Å². The number of halogens is 1. The first-order chi connectivity index (χ1) is 6.24. The van der Waals surface area contributed by atoms with E-state index in [1.807, 2.05) is 0 Å². The maximum absolute atomic E-state index is 6.33. The van der Waals surface area contributed by atoms with E-state index in [1.165, 1.54) is 11.6 Å². The Morgan fingerprint density at radius 2 is 1.92 bits per heavy atom. The molecule has 0 aliphatic rings. The van der Waals surface area contributed by atoms with Crippen molar-refractivity contribution in [3.05, 3.63) is 30.3 Å². The summed E-state index contributed by atoms with van der Waals surface area (Å²) in [5.41, 5.74) is 0. The molecular weight excluding hydrogens is 196 g/mol. The van der Waals surface area contributed by atoms with Crippen LogP contribution in [0.3, 0.4) is 0 Å². The summed E-state index contributed by atoms with van der Waals surface area (Å²) < 4.78 is 0. The molecule has 0 N–H and O–H groups in total. The van der Waals surface area contributed by atoms with Gasteiger partial charge in [-0.1, -0.05) is 55.8 Å². The molecule has 2 heteroatoms. The lowest BCUT2D eigenvalue weighted by molar-refractivity contribution is 0.603. The molecule has 0 heterocycles. The lowest BCUT2D eigenvalue weighted by Gasteiger charge is -2.15. The molecule has 0 aliphatic carbocycles. The van der Waals surface area contributed by atoms with E-state index >= 15 is 0 Å². The van der Waals surface area contributed by atoms with Crippen molar-refractivity contribution in [3.63, 3.8) is 0 Å².